The van der Waals surface area contributed by atoms with E-state index in [1.165, 1.54) is 12.1 Å². The lowest BCUT2D eigenvalue weighted by Crippen LogP contribution is -2.21. The van der Waals surface area contributed by atoms with Gasteiger partial charge in [-0.15, -0.1) is 0 Å². The SMILES string of the molecule is CCOCC(C)Oc1c(Cl)cc(N)cc1C(=O)OCC. The van der Waals surface area contributed by atoms with E-state index in [9.17, 15) is 4.79 Å². The number of nitrogen functional groups attached to an aromatic ring is 1. The predicted octanol–water partition coefficient (Wildman–Crippen LogP) is 2.90. The Balaban J connectivity index is 3.00. The second-order valence-electron chi connectivity index (χ2n) is 4.19. The van der Waals surface area contributed by atoms with Gasteiger partial charge in [0.1, 0.15) is 11.7 Å². The Bertz CT molecular complexity index is 465. The average Bonchev–Trinajstić information content (AvgIpc) is 2.39. The van der Waals surface area contributed by atoms with E-state index in [1.807, 2.05) is 13.8 Å². The summed E-state index contributed by atoms with van der Waals surface area (Å²) >= 11 is 6.10. The first-order valence-electron chi connectivity index (χ1n) is 6.50. The minimum Gasteiger partial charge on any atom is -0.486 e. The first-order valence-corrected chi connectivity index (χ1v) is 6.87. The molecule has 5 nitrogen and oxygen atoms in total. The molecule has 0 aliphatic heterocycles. The van der Waals surface area contributed by atoms with Crippen LogP contribution in [0.1, 0.15) is 31.1 Å². The van der Waals surface area contributed by atoms with Gasteiger partial charge in [-0.2, -0.15) is 0 Å². The Labute approximate surface area is 123 Å². The van der Waals surface area contributed by atoms with Gasteiger partial charge in [0.25, 0.3) is 0 Å². The van der Waals surface area contributed by atoms with E-state index in [2.05, 4.69) is 0 Å². The zero-order valence-electron chi connectivity index (χ0n) is 11.9. The number of nitrogens with two attached hydrogens (primary N) is 1. The van der Waals surface area contributed by atoms with Gasteiger partial charge >= 0.3 is 5.97 Å². The summed E-state index contributed by atoms with van der Waals surface area (Å²) in [7, 11) is 0. The molecular weight excluding hydrogens is 282 g/mol. The van der Waals surface area contributed by atoms with E-state index in [0.29, 0.717) is 18.9 Å². The minimum absolute atomic E-state index is 0.222. The first-order chi connectivity index (χ1) is 9.49. The zero-order chi connectivity index (χ0) is 15.1. The monoisotopic (exact) mass is 301 g/mol. The third-order valence-corrected chi connectivity index (χ3v) is 2.72. The summed E-state index contributed by atoms with van der Waals surface area (Å²) in [6.07, 6.45) is -0.246. The topological polar surface area (TPSA) is 70.8 Å². The molecule has 1 rings (SSSR count). The van der Waals surface area contributed by atoms with Crippen LogP contribution >= 0.6 is 11.6 Å². The summed E-state index contributed by atoms with van der Waals surface area (Å²) in [6, 6.07) is 3.03. The fraction of sp³-hybridized carbons (Fsp3) is 0.500. The number of esters is 1. The average molecular weight is 302 g/mol. The summed E-state index contributed by atoms with van der Waals surface area (Å²) in [6.45, 7) is 6.71. The molecule has 1 unspecified atom stereocenters. The number of hydrogen-bond donors (Lipinski definition) is 1. The number of anilines is 1. The summed E-state index contributed by atoms with van der Waals surface area (Å²) in [5.74, 6) is -0.244. The van der Waals surface area contributed by atoms with E-state index in [-0.39, 0.29) is 29.0 Å². The number of ether oxygens (including phenoxy) is 3. The fourth-order valence-electron chi connectivity index (χ4n) is 1.61. The van der Waals surface area contributed by atoms with Crippen LogP contribution in [-0.2, 0) is 9.47 Å². The Morgan fingerprint density at radius 2 is 2.05 bits per heavy atom. The molecule has 6 heteroatoms. The van der Waals surface area contributed by atoms with Crippen molar-refractivity contribution in [1.82, 2.24) is 0 Å². The molecule has 0 heterocycles. The molecule has 0 amide bonds. The number of rotatable bonds is 7. The summed E-state index contributed by atoms with van der Waals surface area (Å²) in [5.41, 5.74) is 6.30. The quantitative estimate of drug-likeness (QED) is 0.619. The highest BCUT2D eigenvalue weighted by Gasteiger charge is 2.20. The number of carbonyl (C=O) groups is 1. The molecule has 0 fully saturated rings. The Morgan fingerprint density at radius 1 is 1.35 bits per heavy atom. The van der Waals surface area contributed by atoms with Crippen molar-refractivity contribution in [2.45, 2.75) is 26.9 Å². The highest BCUT2D eigenvalue weighted by Crippen LogP contribution is 2.33. The van der Waals surface area contributed by atoms with Crippen LogP contribution in [-0.4, -0.2) is 31.9 Å². The van der Waals surface area contributed by atoms with Crippen molar-refractivity contribution in [1.29, 1.82) is 0 Å². The third-order valence-electron chi connectivity index (χ3n) is 2.44. The highest BCUT2D eigenvalue weighted by atomic mass is 35.5. The third kappa shape index (κ3) is 4.58. The normalized spacial score (nSPS) is 12.0. The van der Waals surface area contributed by atoms with Crippen LogP contribution in [0.4, 0.5) is 5.69 Å². The van der Waals surface area contributed by atoms with Gasteiger partial charge < -0.3 is 19.9 Å². The van der Waals surface area contributed by atoms with Crippen LogP contribution < -0.4 is 10.5 Å². The summed E-state index contributed by atoms with van der Waals surface area (Å²) in [5, 5.41) is 0.274. The van der Waals surface area contributed by atoms with E-state index < -0.39 is 5.97 Å². The van der Waals surface area contributed by atoms with E-state index >= 15 is 0 Å². The molecule has 112 valence electrons. The fourth-order valence-corrected chi connectivity index (χ4v) is 1.89. The molecule has 0 radical (unpaired) electrons. The van der Waals surface area contributed by atoms with Crippen molar-refractivity contribution in [2.24, 2.45) is 0 Å². The molecule has 0 saturated carbocycles. The largest absolute Gasteiger partial charge is 0.486 e. The Morgan fingerprint density at radius 3 is 2.65 bits per heavy atom. The molecular formula is C14H20ClNO4. The van der Waals surface area contributed by atoms with Crippen LogP contribution in [0.5, 0.6) is 5.75 Å². The Hall–Kier alpha value is -1.46. The number of hydrogen-bond acceptors (Lipinski definition) is 5. The van der Waals surface area contributed by atoms with Crippen LogP contribution in [0.15, 0.2) is 12.1 Å². The maximum absolute atomic E-state index is 11.9. The minimum atomic E-state index is -0.514. The number of benzene rings is 1. The van der Waals surface area contributed by atoms with Crippen LogP contribution in [0.3, 0.4) is 0 Å². The van der Waals surface area contributed by atoms with Crippen LogP contribution in [0.25, 0.3) is 0 Å². The van der Waals surface area contributed by atoms with Gasteiger partial charge in [-0.3, -0.25) is 0 Å². The molecule has 0 aromatic heterocycles. The summed E-state index contributed by atoms with van der Waals surface area (Å²) in [4.78, 5) is 11.9. The van der Waals surface area contributed by atoms with Crippen LogP contribution in [0.2, 0.25) is 5.02 Å². The van der Waals surface area contributed by atoms with Crippen molar-refractivity contribution in [3.8, 4) is 5.75 Å². The number of halogens is 1. The summed E-state index contributed by atoms with van der Waals surface area (Å²) < 4.78 is 15.9. The molecule has 1 aromatic carbocycles. The van der Waals surface area contributed by atoms with Gasteiger partial charge in [-0.25, -0.2) is 4.79 Å². The molecule has 0 aliphatic carbocycles. The van der Waals surface area contributed by atoms with E-state index in [1.54, 1.807) is 6.92 Å². The number of carbonyl (C=O) groups excluding carboxylic acids is 1. The van der Waals surface area contributed by atoms with Gasteiger partial charge in [0, 0.05) is 12.3 Å². The van der Waals surface area contributed by atoms with Gasteiger partial charge in [0.2, 0.25) is 0 Å². The smallest absolute Gasteiger partial charge is 0.342 e. The first kappa shape index (κ1) is 16.6. The highest BCUT2D eigenvalue weighted by molar-refractivity contribution is 6.33. The van der Waals surface area contributed by atoms with E-state index in [0.717, 1.165) is 0 Å². The Kier molecular flexibility index (Phi) is 6.61. The van der Waals surface area contributed by atoms with Gasteiger partial charge in [0.05, 0.1) is 18.2 Å². The van der Waals surface area contributed by atoms with Crippen molar-refractivity contribution in [3.63, 3.8) is 0 Å². The molecule has 1 atom stereocenters. The van der Waals surface area contributed by atoms with Crippen molar-refractivity contribution in [2.75, 3.05) is 25.6 Å². The maximum atomic E-state index is 11.9. The lowest BCUT2D eigenvalue weighted by atomic mass is 10.1. The molecule has 0 bridgehead atoms. The van der Waals surface area contributed by atoms with Gasteiger partial charge in [-0.05, 0) is 32.9 Å². The lowest BCUT2D eigenvalue weighted by Gasteiger charge is -2.18. The standard InChI is InChI=1S/C14H20ClNO4/c1-4-18-8-9(3)20-13-11(14(17)19-5-2)6-10(16)7-12(13)15/h6-7,9H,4-5,8,16H2,1-3H3. The second kappa shape index (κ2) is 7.97. The van der Waals surface area contributed by atoms with Crippen molar-refractivity contribution in [3.05, 3.63) is 22.7 Å². The second-order valence-corrected chi connectivity index (χ2v) is 4.60. The van der Waals surface area contributed by atoms with Gasteiger partial charge in [-0.1, -0.05) is 11.6 Å². The van der Waals surface area contributed by atoms with Crippen LogP contribution in [0, 0.1) is 0 Å². The lowest BCUT2D eigenvalue weighted by molar-refractivity contribution is 0.0495. The molecule has 0 saturated heterocycles. The van der Waals surface area contributed by atoms with Crippen molar-refractivity contribution >= 4 is 23.3 Å². The molecule has 2 N–H and O–H groups in total. The van der Waals surface area contributed by atoms with E-state index in [4.69, 9.17) is 31.5 Å². The molecule has 1 aromatic rings. The van der Waals surface area contributed by atoms with Crippen molar-refractivity contribution < 1.29 is 19.0 Å². The van der Waals surface area contributed by atoms with Gasteiger partial charge in [0.15, 0.2) is 5.75 Å². The molecule has 0 spiro atoms. The predicted molar refractivity (Wildman–Crippen MR) is 78.4 cm³/mol. The maximum Gasteiger partial charge on any atom is 0.342 e. The molecule has 0 aliphatic rings. The zero-order valence-corrected chi connectivity index (χ0v) is 12.7. The molecule has 20 heavy (non-hydrogen) atoms.